The van der Waals surface area contributed by atoms with Gasteiger partial charge in [-0.15, -0.1) is 18.3 Å². The fraction of sp³-hybridized carbons (Fsp3) is 0.459. The Balaban J connectivity index is 1.31. The molecule has 4 heterocycles. The normalized spacial score (nSPS) is 24.8. The summed E-state index contributed by atoms with van der Waals surface area (Å²) in [4.78, 5) is 59.0. The monoisotopic (exact) mass is 684 g/mol. The lowest BCUT2D eigenvalue weighted by atomic mass is 9.70. The van der Waals surface area contributed by atoms with E-state index in [4.69, 9.17) is 9.47 Å². The SMILES string of the molecule is C=CCCC(=O)NC[C@@H](OC(=O)[C@@H]1[C@@H]2CC[C@]3(O2)[C@H](C(=O)N(CC=C)Cn2nnc4ccccc42)N([C@@H](CC)CO)C(=O)[C@@H]13)c1ccccc1. The number of benzene rings is 2. The lowest BCUT2D eigenvalue weighted by molar-refractivity contribution is -0.161. The van der Waals surface area contributed by atoms with E-state index in [1.54, 1.807) is 21.7 Å². The quantitative estimate of drug-likeness (QED) is 0.171. The summed E-state index contributed by atoms with van der Waals surface area (Å²) in [6, 6.07) is 14.7. The molecule has 0 saturated carbocycles. The highest BCUT2D eigenvalue weighted by Crippen LogP contribution is 2.59. The number of nitrogens with zero attached hydrogens (tertiary/aromatic N) is 5. The maximum atomic E-state index is 14.8. The van der Waals surface area contributed by atoms with Crippen molar-refractivity contribution in [1.82, 2.24) is 30.1 Å². The van der Waals surface area contributed by atoms with Gasteiger partial charge in [-0.25, -0.2) is 4.68 Å². The van der Waals surface area contributed by atoms with Crippen LogP contribution in [-0.2, 0) is 35.3 Å². The highest BCUT2D eigenvalue weighted by Gasteiger charge is 2.75. The van der Waals surface area contributed by atoms with Crippen LogP contribution in [0.3, 0.4) is 0 Å². The zero-order valence-corrected chi connectivity index (χ0v) is 28.2. The van der Waals surface area contributed by atoms with Crippen molar-refractivity contribution in [2.24, 2.45) is 11.8 Å². The number of hydrogen-bond acceptors (Lipinski definition) is 9. The van der Waals surface area contributed by atoms with Crippen molar-refractivity contribution in [3.8, 4) is 0 Å². The van der Waals surface area contributed by atoms with E-state index in [1.807, 2.05) is 61.5 Å². The highest BCUT2D eigenvalue weighted by molar-refractivity contribution is 5.98. The van der Waals surface area contributed by atoms with Crippen molar-refractivity contribution >= 4 is 34.7 Å². The Labute approximate surface area is 290 Å². The number of aliphatic hydroxyl groups is 1. The first-order valence-corrected chi connectivity index (χ1v) is 17.2. The molecule has 2 bridgehead atoms. The number of esters is 1. The van der Waals surface area contributed by atoms with Gasteiger partial charge in [0.25, 0.3) is 0 Å². The van der Waals surface area contributed by atoms with Crippen LogP contribution >= 0.6 is 0 Å². The van der Waals surface area contributed by atoms with Gasteiger partial charge in [0.15, 0.2) is 0 Å². The molecule has 3 saturated heterocycles. The first-order chi connectivity index (χ1) is 24.3. The van der Waals surface area contributed by atoms with E-state index in [-0.39, 0.29) is 38.7 Å². The van der Waals surface area contributed by atoms with Crippen molar-refractivity contribution < 1.29 is 33.8 Å². The summed E-state index contributed by atoms with van der Waals surface area (Å²) < 4.78 is 14.4. The lowest BCUT2D eigenvalue weighted by Crippen LogP contribution is -2.58. The molecule has 0 radical (unpaired) electrons. The van der Waals surface area contributed by atoms with E-state index in [0.717, 1.165) is 5.52 Å². The summed E-state index contributed by atoms with van der Waals surface area (Å²) in [5.41, 5.74) is 0.779. The maximum absolute atomic E-state index is 14.8. The Bertz CT molecular complexity index is 1740. The zero-order chi connectivity index (χ0) is 35.4. The molecular weight excluding hydrogens is 640 g/mol. The summed E-state index contributed by atoms with van der Waals surface area (Å²) in [5, 5.41) is 21.8. The minimum Gasteiger partial charge on any atom is -0.455 e. The van der Waals surface area contributed by atoms with Crippen LogP contribution in [0.5, 0.6) is 0 Å². The molecule has 264 valence electrons. The first kappa shape index (κ1) is 35.0. The van der Waals surface area contributed by atoms with Crippen molar-refractivity contribution in [3.63, 3.8) is 0 Å². The van der Waals surface area contributed by atoms with Gasteiger partial charge in [-0.05, 0) is 43.4 Å². The molecule has 2 N–H and O–H groups in total. The number of rotatable bonds is 16. The smallest absolute Gasteiger partial charge is 0.313 e. The number of ether oxygens (including phenoxy) is 2. The molecule has 3 aromatic rings. The molecule has 3 aliphatic rings. The van der Waals surface area contributed by atoms with Crippen molar-refractivity contribution in [1.29, 1.82) is 0 Å². The molecule has 3 aliphatic heterocycles. The summed E-state index contributed by atoms with van der Waals surface area (Å²) in [5.74, 6) is -3.64. The number of nitrogens with one attached hydrogen (secondary N) is 1. The standard InChI is InChI=1S/C37H44N6O7/c1-4-7-17-30(45)38-21-29(24-13-9-8-10-14-24)49-36(48)31-28-18-19-37(50-28)32(31)34(46)43(25(6-3)22-44)33(37)35(47)41(20-5-2)23-42-27-16-12-11-15-26(27)39-40-42/h4-5,8-16,25,28-29,31-33,44H,1-2,6-7,17-23H2,3H3,(H,38,45)/t25-,28-,29+,31+,32+,33-,37+/m0/s1. The molecule has 1 aromatic heterocycles. The number of aromatic nitrogens is 3. The van der Waals surface area contributed by atoms with Crippen LogP contribution < -0.4 is 5.32 Å². The summed E-state index contributed by atoms with van der Waals surface area (Å²) in [6.07, 6.45) is 3.76. The zero-order valence-electron chi connectivity index (χ0n) is 28.2. The Morgan fingerprint density at radius 2 is 1.92 bits per heavy atom. The topological polar surface area (TPSA) is 156 Å². The van der Waals surface area contributed by atoms with Crippen molar-refractivity contribution in [2.45, 2.75) is 75.6 Å². The van der Waals surface area contributed by atoms with E-state index >= 15 is 0 Å². The number of fused-ring (bicyclic) bond motifs is 2. The number of aliphatic hydroxyl groups excluding tert-OH is 1. The van der Waals surface area contributed by atoms with Crippen LogP contribution in [0.1, 0.15) is 50.7 Å². The molecule has 6 rings (SSSR count). The van der Waals surface area contributed by atoms with E-state index in [9.17, 15) is 24.3 Å². The molecule has 50 heavy (non-hydrogen) atoms. The molecule has 3 amide bonds. The molecule has 13 heteroatoms. The molecule has 13 nitrogen and oxygen atoms in total. The third-order valence-electron chi connectivity index (χ3n) is 10.2. The molecule has 2 aromatic carbocycles. The molecule has 1 spiro atoms. The Kier molecular flexibility index (Phi) is 10.4. The van der Waals surface area contributed by atoms with Crippen molar-refractivity contribution in [2.75, 3.05) is 19.7 Å². The average molecular weight is 685 g/mol. The van der Waals surface area contributed by atoms with Gasteiger partial charge in [0.2, 0.25) is 17.7 Å². The minimum absolute atomic E-state index is 0.0345. The van der Waals surface area contributed by atoms with Gasteiger partial charge < -0.3 is 29.7 Å². The largest absolute Gasteiger partial charge is 0.455 e. The van der Waals surface area contributed by atoms with E-state index in [0.29, 0.717) is 36.8 Å². The number of carbonyl (C=O) groups excluding carboxylic acids is 4. The second-order valence-electron chi connectivity index (χ2n) is 13.1. The van der Waals surface area contributed by atoms with Crippen LogP contribution in [0.15, 0.2) is 79.9 Å². The Hall–Kier alpha value is -4.88. The van der Waals surface area contributed by atoms with Gasteiger partial charge in [-0.2, -0.15) is 0 Å². The third kappa shape index (κ3) is 6.31. The molecule has 7 atom stereocenters. The fourth-order valence-corrected chi connectivity index (χ4v) is 7.82. The molecule has 3 fully saturated rings. The summed E-state index contributed by atoms with van der Waals surface area (Å²) in [6.45, 7) is 9.20. The number of para-hydroxylation sites is 1. The van der Waals surface area contributed by atoms with Gasteiger partial charge in [0, 0.05) is 13.0 Å². The average Bonchev–Trinajstić information content (AvgIpc) is 3.89. The Morgan fingerprint density at radius 1 is 1.16 bits per heavy atom. The maximum Gasteiger partial charge on any atom is 0.313 e. The molecular formula is C37H44N6O7. The molecule has 0 unspecified atom stereocenters. The number of hydrogen-bond donors (Lipinski definition) is 2. The van der Waals surface area contributed by atoms with Crippen LogP contribution in [0.4, 0.5) is 0 Å². The van der Waals surface area contributed by atoms with Gasteiger partial charge in [-0.1, -0.05) is 66.8 Å². The van der Waals surface area contributed by atoms with E-state index in [2.05, 4.69) is 28.8 Å². The predicted molar refractivity (Wildman–Crippen MR) is 183 cm³/mol. The summed E-state index contributed by atoms with van der Waals surface area (Å²) >= 11 is 0. The fourth-order valence-electron chi connectivity index (χ4n) is 7.82. The minimum atomic E-state index is -1.31. The number of allylic oxidation sites excluding steroid dienone is 1. The van der Waals surface area contributed by atoms with Crippen LogP contribution in [-0.4, -0.2) is 97.1 Å². The lowest BCUT2D eigenvalue weighted by Gasteiger charge is -2.39. The Morgan fingerprint density at radius 3 is 2.64 bits per heavy atom. The predicted octanol–water partition coefficient (Wildman–Crippen LogP) is 2.92. The first-order valence-electron chi connectivity index (χ1n) is 17.2. The highest BCUT2D eigenvalue weighted by atomic mass is 16.6. The number of amides is 3. The van der Waals surface area contributed by atoms with E-state index in [1.165, 1.54) is 4.90 Å². The van der Waals surface area contributed by atoms with Gasteiger partial charge >= 0.3 is 5.97 Å². The number of likely N-dealkylation sites (tertiary alicyclic amines) is 1. The number of carbonyl (C=O) groups is 4. The van der Waals surface area contributed by atoms with Gasteiger partial charge in [0.05, 0.1) is 42.6 Å². The van der Waals surface area contributed by atoms with Crippen LogP contribution in [0, 0.1) is 11.8 Å². The van der Waals surface area contributed by atoms with Crippen LogP contribution in [0.2, 0.25) is 0 Å². The van der Waals surface area contributed by atoms with E-state index < -0.39 is 59.5 Å². The van der Waals surface area contributed by atoms with Crippen LogP contribution in [0.25, 0.3) is 11.0 Å². The third-order valence-corrected chi connectivity index (χ3v) is 10.2. The van der Waals surface area contributed by atoms with Gasteiger partial charge in [0.1, 0.15) is 29.9 Å². The summed E-state index contributed by atoms with van der Waals surface area (Å²) in [7, 11) is 0. The van der Waals surface area contributed by atoms with Gasteiger partial charge in [-0.3, -0.25) is 19.2 Å². The molecule has 0 aliphatic carbocycles. The second kappa shape index (κ2) is 14.9. The van der Waals surface area contributed by atoms with Crippen molar-refractivity contribution in [3.05, 3.63) is 85.5 Å². The second-order valence-corrected chi connectivity index (χ2v) is 13.1.